The molecule has 10 rings (SSSR count). The number of fused-ring (bicyclic) bond motifs is 3. The lowest BCUT2D eigenvalue weighted by Crippen LogP contribution is -1.92. The maximum absolute atomic E-state index is 5.19. The van der Waals surface area contributed by atoms with Gasteiger partial charge >= 0.3 is 0 Å². The molecule has 0 saturated carbocycles. The summed E-state index contributed by atoms with van der Waals surface area (Å²) in [5.74, 6) is 0. The normalized spacial score (nSPS) is 11.2. The van der Waals surface area contributed by atoms with Crippen molar-refractivity contribution in [3.63, 3.8) is 0 Å². The Morgan fingerprint density at radius 3 is 1.36 bits per heavy atom. The lowest BCUT2D eigenvalue weighted by Gasteiger charge is -2.14. The van der Waals surface area contributed by atoms with Gasteiger partial charge in [-0.15, -0.1) is 0 Å². The number of rotatable bonds is 7. The van der Waals surface area contributed by atoms with Gasteiger partial charge in [0.15, 0.2) is 0 Å². The van der Waals surface area contributed by atoms with Crippen molar-refractivity contribution in [3.05, 3.63) is 218 Å². The molecule has 0 aliphatic heterocycles. The Bertz CT molecular complexity index is 2970. The third-order valence-corrected chi connectivity index (χ3v) is 10.7. The third-order valence-electron chi connectivity index (χ3n) is 10.7. The number of benzene rings is 8. The molecule has 262 valence electrons. The van der Waals surface area contributed by atoms with Gasteiger partial charge in [-0.1, -0.05) is 182 Å². The van der Waals surface area contributed by atoms with E-state index >= 15 is 0 Å². The standard InChI is InChI=1S/C54H36N2/c1-5-14-37(15-6-1)43-22-13-23-46(33-43)52-35-47(34-51(56-52)41-18-9-3-10-19-41)39-26-24-38(25-27-39)44-28-30-48-45(32-44)29-31-50-54(48)49(40-16-7-2-8-17-40)36-53(55-50)42-20-11-4-12-21-42/h1-36H. The highest BCUT2D eigenvalue weighted by molar-refractivity contribution is 6.14. The van der Waals surface area contributed by atoms with Gasteiger partial charge in [0.05, 0.1) is 22.6 Å². The second-order valence-electron chi connectivity index (χ2n) is 14.2. The first kappa shape index (κ1) is 33.2. The van der Waals surface area contributed by atoms with Crippen LogP contribution >= 0.6 is 0 Å². The number of pyridine rings is 2. The van der Waals surface area contributed by atoms with Gasteiger partial charge < -0.3 is 0 Å². The van der Waals surface area contributed by atoms with Gasteiger partial charge in [0.2, 0.25) is 0 Å². The summed E-state index contributed by atoms with van der Waals surface area (Å²) in [6.07, 6.45) is 0. The Labute approximate surface area is 327 Å². The highest BCUT2D eigenvalue weighted by Gasteiger charge is 2.14. The Hall–Kier alpha value is -7.42. The monoisotopic (exact) mass is 712 g/mol. The molecule has 0 fully saturated rings. The van der Waals surface area contributed by atoms with E-state index in [2.05, 4.69) is 206 Å². The molecule has 0 N–H and O–H groups in total. The maximum Gasteiger partial charge on any atom is 0.0722 e. The van der Waals surface area contributed by atoms with Crippen LogP contribution < -0.4 is 0 Å². The van der Waals surface area contributed by atoms with Crippen molar-refractivity contribution in [1.29, 1.82) is 0 Å². The van der Waals surface area contributed by atoms with Gasteiger partial charge in [0.25, 0.3) is 0 Å². The summed E-state index contributed by atoms with van der Waals surface area (Å²) >= 11 is 0. The summed E-state index contributed by atoms with van der Waals surface area (Å²) in [4.78, 5) is 10.4. The van der Waals surface area contributed by atoms with Crippen LogP contribution in [0.4, 0.5) is 0 Å². The molecule has 0 aliphatic rings. The largest absolute Gasteiger partial charge is 0.248 e. The molecule has 0 unspecified atom stereocenters. The van der Waals surface area contributed by atoms with Crippen LogP contribution in [-0.4, -0.2) is 9.97 Å². The van der Waals surface area contributed by atoms with E-state index in [4.69, 9.17) is 9.97 Å². The molecule has 0 radical (unpaired) electrons. The highest BCUT2D eigenvalue weighted by Crippen LogP contribution is 2.39. The third kappa shape index (κ3) is 6.44. The second kappa shape index (κ2) is 14.4. The highest BCUT2D eigenvalue weighted by atomic mass is 14.7. The zero-order valence-electron chi connectivity index (χ0n) is 30.7. The van der Waals surface area contributed by atoms with E-state index in [1.54, 1.807) is 0 Å². The van der Waals surface area contributed by atoms with E-state index in [0.717, 1.165) is 50.4 Å². The Kier molecular flexibility index (Phi) is 8.55. The Morgan fingerprint density at radius 2 is 0.714 bits per heavy atom. The molecule has 56 heavy (non-hydrogen) atoms. The van der Waals surface area contributed by atoms with Gasteiger partial charge in [-0.2, -0.15) is 0 Å². The molecule has 0 atom stereocenters. The minimum Gasteiger partial charge on any atom is -0.248 e. The summed E-state index contributed by atoms with van der Waals surface area (Å²) in [6, 6.07) is 77.5. The molecule has 2 heterocycles. The lowest BCUT2D eigenvalue weighted by atomic mass is 9.92. The SMILES string of the molecule is c1ccc(-c2cccc(-c3cc(-c4ccc(-c5ccc6c(ccc7nc(-c8ccccc8)cc(-c8ccccc8)c76)c5)cc4)cc(-c4ccccc4)n3)c2)cc1. The quantitative estimate of drug-likeness (QED) is 0.154. The smallest absolute Gasteiger partial charge is 0.0722 e. The van der Waals surface area contributed by atoms with Gasteiger partial charge in [-0.3, -0.25) is 0 Å². The van der Waals surface area contributed by atoms with Crippen LogP contribution in [0.2, 0.25) is 0 Å². The van der Waals surface area contributed by atoms with Crippen LogP contribution in [0.5, 0.6) is 0 Å². The molecule has 2 heteroatoms. The van der Waals surface area contributed by atoms with Crippen LogP contribution in [0.25, 0.3) is 100.0 Å². The number of hydrogen-bond acceptors (Lipinski definition) is 2. The van der Waals surface area contributed by atoms with Crippen LogP contribution in [0, 0.1) is 0 Å². The minimum atomic E-state index is 0.949. The molecular formula is C54H36N2. The summed E-state index contributed by atoms with van der Waals surface area (Å²) in [7, 11) is 0. The van der Waals surface area contributed by atoms with Crippen molar-refractivity contribution in [2.24, 2.45) is 0 Å². The average Bonchev–Trinajstić information content (AvgIpc) is 3.29. The molecule has 10 aromatic rings. The van der Waals surface area contributed by atoms with Crippen molar-refractivity contribution in [2.75, 3.05) is 0 Å². The molecule has 0 saturated heterocycles. The summed E-state index contributed by atoms with van der Waals surface area (Å²) in [6.45, 7) is 0. The number of nitrogens with zero attached hydrogens (tertiary/aromatic N) is 2. The first-order chi connectivity index (χ1) is 27.7. The fraction of sp³-hybridized carbons (Fsp3) is 0. The van der Waals surface area contributed by atoms with Crippen molar-refractivity contribution < 1.29 is 0 Å². The van der Waals surface area contributed by atoms with Crippen molar-refractivity contribution in [2.45, 2.75) is 0 Å². The first-order valence-electron chi connectivity index (χ1n) is 19.1. The van der Waals surface area contributed by atoms with Crippen molar-refractivity contribution >= 4 is 21.7 Å². The zero-order valence-corrected chi connectivity index (χ0v) is 30.7. The molecule has 0 bridgehead atoms. The lowest BCUT2D eigenvalue weighted by molar-refractivity contribution is 1.32. The molecular weight excluding hydrogens is 677 g/mol. The van der Waals surface area contributed by atoms with Crippen LogP contribution in [-0.2, 0) is 0 Å². The molecule has 0 spiro atoms. The molecule has 0 aliphatic carbocycles. The topological polar surface area (TPSA) is 25.8 Å². The van der Waals surface area contributed by atoms with Crippen molar-refractivity contribution in [3.8, 4) is 78.3 Å². The summed E-state index contributed by atoms with van der Waals surface area (Å²) < 4.78 is 0. The Morgan fingerprint density at radius 1 is 0.250 bits per heavy atom. The minimum absolute atomic E-state index is 0.949. The van der Waals surface area contributed by atoms with E-state index in [1.165, 1.54) is 49.5 Å². The summed E-state index contributed by atoms with van der Waals surface area (Å²) in [5.41, 5.74) is 16.5. The first-order valence-corrected chi connectivity index (χ1v) is 19.1. The van der Waals surface area contributed by atoms with E-state index < -0.39 is 0 Å². The van der Waals surface area contributed by atoms with Crippen LogP contribution in [0.3, 0.4) is 0 Å². The maximum atomic E-state index is 5.19. The van der Waals surface area contributed by atoms with Crippen molar-refractivity contribution in [1.82, 2.24) is 9.97 Å². The van der Waals surface area contributed by atoms with Gasteiger partial charge in [0, 0.05) is 22.1 Å². The van der Waals surface area contributed by atoms with E-state index in [1.807, 2.05) is 12.1 Å². The van der Waals surface area contributed by atoms with Gasteiger partial charge in [-0.25, -0.2) is 9.97 Å². The van der Waals surface area contributed by atoms with Crippen LogP contribution in [0.15, 0.2) is 218 Å². The van der Waals surface area contributed by atoms with Gasteiger partial charge in [0.1, 0.15) is 0 Å². The molecule has 0 amide bonds. The molecule has 2 nitrogen and oxygen atoms in total. The molecule has 2 aromatic heterocycles. The number of hydrogen-bond donors (Lipinski definition) is 0. The Balaban J connectivity index is 1.03. The van der Waals surface area contributed by atoms with E-state index in [9.17, 15) is 0 Å². The summed E-state index contributed by atoms with van der Waals surface area (Å²) in [5, 5.41) is 3.56. The fourth-order valence-electron chi connectivity index (χ4n) is 7.79. The average molecular weight is 713 g/mol. The van der Waals surface area contributed by atoms with Crippen LogP contribution in [0.1, 0.15) is 0 Å². The predicted molar refractivity (Wildman–Crippen MR) is 235 cm³/mol. The zero-order chi connectivity index (χ0) is 37.3. The number of aromatic nitrogens is 2. The van der Waals surface area contributed by atoms with Gasteiger partial charge in [-0.05, 0) is 91.7 Å². The predicted octanol–water partition coefficient (Wildman–Crippen LogP) is 14.5. The molecule has 8 aromatic carbocycles. The van der Waals surface area contributed by atoms with E-state index in [0.29, 0.717) is 0 Å². The second-order valence-corrected chi connectivity index (χ2v) is 14.2. The van der Waals surface area contributed by atoms with E-state index in [-0.39, 0.29) is 0 Å². The fourth-order valence-corrected chi connectivity index (χ4v) is 7.79.